The molecule has 0 aliphatic carbocycles. The van der Waals surface area contributed by atoms with E-state index in [1.807, 2.05) is 66.7 Å². The molecule has 2 aliphatic rings. The first-order valence-corrected chi connectivity index (χ1v) is 11.1. The second-order valence-electron chi connectivity index (χ2n) is 8.44. The van der Waals surface area contributed by atoms with Gasteiger partial charge in [0.25, 0.3) is 11.6 Å². The topological polar surface area (TPSA) is 96.1 Å². The van der Waals surface area contributed by atoms with E-state index in [4.69, 9.17) is 0 Å². The molecule has 8 heteroatoms. The van der Waals surface area contributed by atoms with Crippen LogP contribution in [0.25, 0.3) is 10.8 Å². The van der Waals surface area contributed by atoms with Gasteiger partial charge in [-0.15, -0.1) is 0 Å². The molecule has 0 aromatic heterocycles. The number of para-hydroxylation sites is 1. The second-order valence-corrected chi connectivity index (χ2v) is 8.44. The molecule has 0 saturated carbocycles. The van der Waals surface area contributed by atoms with Crippen LogP contribution >= 0.6 is 0 Å². The number of non-ortho nitro benzene ring substituents is 1. The largest absolute Gasteiger partial charge is 0.273 e. The van der Waals surface area contributed by atoms with E-state index >= 15 is 0 Å². The van der Waals surface area contributed by atoms with Gasteiger partial charge in [-0.1, -0.05) is 48.5 Å². The van der Waals surface area contributed by atoms with Crippen LogP contribution < -0.4 is 9.91 Å². The molecule has 4 aromatic carbocycles. The first-order valence-electron chi connectivity index (χ1n) is 11.1. The van der Waals surface area contributed by atoms with Gasteiger partial charge in [0.2, 0.25) is 5.91 Å². The van der Waals surface area contributed by atoms with Crippen LogP contribution in [0, 0.1) is 16.0 Å². The maximum atomic E-state index is 13.8. The van der Waals surface area contributed by atoms with E-state index in [1.54, 1.807) is 23.2 Å². The molecular weight excluding hydrogens is 444 g/mol. The molecule has 170 valence electrons. The summed E-state index contributed by atoms with van der Waals surface area (Å²) in [4.78, 5) is 39.4. The number of hydrazone groups is 1. The number of nitrogens with zero attached hydrogens (tertiary/aromatic N) is 4. The standard InChI is InChI=1S/C27H18N4O4/c32-26-23-24(18-11-13-21(14-12-18)31(34)35)28-30(20-8-2-1-3-9-20)25(23)27(33)29(26)22-15-10-17-6-4-5-7-19(17)16-22/h1-16,23,25H. The van der Waals surface area contributed by atoms with Crippen LogP contribution in [0.15, 0.2) is 102 Å². The number of fused-ring (bicyclic) bond motifs is 2. The van der Waals surface area contributed by atoms with Crippen molar-refractivity contribution in [2.75, 3.05) is 9.91 Å². The first-order chi connectivity index (χ1) is 17.0. The summed E-state index contributed by atoms with van der Waals surface area (Å²) in [5, 5.41) is 19.3. The number of imide groups is 1. The third kappa shape index (κ3) is 3.26. The Labute approximate surface area is 199 Å². The van der Waals surface area contributed by atoms with Crippen molar-refractivity contribution in [2.24, 2.45) is 11.0 Å². The molecule has 8 nitrogen and oxygen atoms in total. The highest BCUT2D eigenvalue weighted by molar-refractivity contribution is 6.34. The number of carbonyl (C=O) groups excluding carboxylic acids is 2. The number of amides is 2. The summed E-state index contributed by atoms with van der Waals surface area (Å²) in [5.41, 5.74) is 2.10. The van der Waals surface area contributed by atoms with Gasteiger partial charge in [-0.05, 0) is 52.7 Å². The van der Waals surface area contributed by atoms with E-state index in [9.17, 15) is 19.7 Å². The zero-order valence-corrected chi connectivity index (χ0v) is 18.3. The summed E-state index contributed by atoms with van der Waals surface area (Å²) in [6.45, 7) is 0. The van der Waals surface area contributed by atoms with Crippen molar-refractivity contribution in [1.82, 2.24) is 0 Å². The number of carbonyl (C=O) groups is 2. The van der Waals surface area contributed by atoms with Crippen molar-refractivity contribution < 1.29 is 14.5 Å². The van der Waals surface area contributed by atoms with E-state index < -0.39 is 16.9 Å². The van der Waals surface area contributed by atoms with Gasteiger partial charge in [0.1, 0.15) is 12.0 Å². The van der Waals surface area contributed by atoms with Gasteiger partial charge in [0.05, 0.1) is 22.0 Å². The van der Waals surface area contributed by atoms with Crippen molar-refractivity contribution in [2.45, 2.75) is 6.04 Å². The minimum Gasteiger partial charge on any atom is -0.273 e. The summed E-state index contributed by atoms with van der Waals surface area (Å²) in [5.74, 6) is -1.57. The lowest BCUT2D eigenvalue weighted by Crippen LogP contribution is -2.39. The number of rotatable bonds is 4. The predicted molar refractivity (Wildman–Crippen MR) is 132 cm³/mol. The molecule has 2 heterocycles. The Bertz CT molecular complexity index is 1530. The molecule has 0 N–H and O–H groups in total. The van der Waals surface area contributed by atoms with E-state index in [0.717, 1.165) is 10.8 Å². The van der Waals surface area contributed by atoms with Gasteiger partial charge in [0.15, 0.2) is 0 Å². The highest BCUT2D eigenvalue weighted by atomic mass is 16.6. The number of nitro groups is 1. The number of anilines is 2. The quantitative estimate of drug-likeness (QED) is 0.252. The summed E-state index contributed by atoms with van der Waals surface area (Å²) >= 11 is 0. The minimum atomic E-state index is -0.846. The molecular formula is C27H18N4O4. The number of hydrogen-bond donors (Lipinski definition) is 0. The molecule has 1 saturated heterocycles. The van der Waals surface area contributed by atoms with Crippen LogP contribution in [0.3, 0.4) is 0 Å². The zero-order valence-electron chi connectivity index (χ0n) is 18.3. The summed E-state index contributed by atoms with van der Waals surface area (Å²) in [7, 11) is 0. The van der Waals surface area contributed by atoms with Gasteiger partial charge < -0.3 is 0 Å². The smallest absolute Gasteiger partial charge is 0.269 e. The minimum absolute atomic E-state index is 0.0598. The number of hydrogen-bond acceptors (Lipinski definition) is 6. The fourth-order valence-electron chi connectivity index (χ4n) is 4.77. The highest BCUT2D eigenvalue weighted by Crippen LogP contribution is 2.40. The normalized spacial score (nSPS) is 19.3. The highest BCUT2D eigenvalue weighted by Gasteiger charge is 2.57. The summed E-state index contributed by atoms with van der Waals surface area (Å²) in [6.07, 6.45) is 0. The van der Waals surface area contributed by atoms with Gasteiger partial charge in [-0.3, -0.25) is 24.7 Å². The lowest BCUT2D eigenvalue weighted by Gasteiger charge is -2.22. The molecule has 1 fully saturated rings. The Balaban J connectivity index is 1.46. The molecule has 2 aliphatic heterocycles. The third-order valence-corrected chi connectivity index (χ3v) is 6.43. The summed E-state index contributed by atoms with van der Waals surface area (Å²) < 4.78 is 0. The van der Waals surface area contributed by atoms with Crippen molar-refractivity contribution in [1.29, 1.82) is 0 Å². The molecule has 0 spiro atoms. The Morgan fingerprint density at radius 3 is 2.14 bits per heavy atom. The molecule has 0 bridgehead atoms. The lowest BCUT2D eigenvalue weighted by molar-refractivity contribution is -0.384. The second kappa shape index (κ2) is 7.88. The van der Waals surface area contributed by atoms with E-state index in [0.29, 0.717) is 22.6 Å². The molecule has 2 amide bonds. The molecule has 35 heavy (non-hydrogen) atoms. The maximum absolute atomic E-state index is 13.8. The SMILES string of the molecule is O=C1C2C(c3ccc([N+](=O)[O-])cc3)=NN(c3ccccc3)C2C(=O)N1c1ccc2ccccc2c1. The third-order valence-electron chi connectivity index (χ3n) is 6.43. The Hall–Kier alpha value is -4.85. The van der Waals surface area contributed by atoms with E-state index in [2.05, 4.69) is 5.10 Å². The van der Waals surface area contributed by atoms with E-state index in [1.165, 1.54) is 17.0 Å². The van der Waals surface area contributed by atoms with Crippen LogP contribution in [-0.2, 0) is 9.59 Å². The lowest BCUT2D eigenvalue weighted by atomic mass is 9.92. The van der Waals surface area contributed by atoms with Gasteiger partial charge in [-0.25, -0.2) is 4.90 Å². The predicted octanol–water partition coefficient (Wildman–Crippen LogP) is 4.53. The van der Waals surface area contributed by atoms with Crippen molar-refractivity contribution >= 4 is 45.4 Å². The fraction of sp³-hybridized carbons (Fsp3) is 0.0741. The average molecular weight is 462 g/mol. The maximum Gasteiger partial charge on any atom is 0.269 e. The monoisotopic (exact) mass is 462 g/mol. The van der Waals surface area contributed by atoms with Crippen LogP contribution in [0.2, 0.25) is 0 Å². The average Bonchev–Trinajstić information content (AvgIpc) is 3.41. The summed E-state index contributed by atoms with van der Waals surface area (Å²) in [6, 6.07) is 27.5. The van der Waals surface area contributed by atoms with E-state index in [-0.39, 0.29) is 17.5 Å². The van der Waals surface area contributed by atoms with Crippen LogP contribution in [0.5, 0.6) is 0 Å². The fourth-order valence-corrected chi connectivity index (χ4v) is 4.77. The first kappa shape index (κ1) is 20.7. The number of nitro benzene ring substituents is 1. The molecule has 2 unspecified atom stereocenters. The van der Waals surface area contributed by atoms with Gasteiger partial charge in [-0.2, -0.15) is 5.10 Å². The Morgan fingerprint density at radius 2 is 1.43 bits per heavy atom. The Morgan fingerprint density at radius 1 is 0.743 bits per heavy atom. The Kier molecular flexibility index (Phi) is 4.67. The van der Waals surface area contributed by atoms with Crippen LogP contribution in [0.1, 0.15) is 5.56 Å². The van der Waals surface area contributed by atoms with Crippen molar-refractivity contribution in [3.63, 3.8) is 0 Å². The van der Waals surface area contributed by atoms with Crippen molar-refractivity contribution in [3.05, 3.63) is 113 Å². The van der Waals surface area contributed by atoms with Gasteiger partial charge >= 0.3 is 0 Å². The zero-order chi connectivity index (χ0) is 24.1. The number of benzene rings is 4. The van der Waals surface area contributed by atoms with Crippen LogP contribution in [-0.4, -0.2) is 28.5 Å². The molecule has 0 radical (unpaired) electrons. The molecule has 4 aromatic rings. The van der Waals surface area contributed by atoms with Gasteiger partial charge in [0, 0.05) is 12.1 Å². The van der Waals surface area contributed by atoms with Crippen LogP contribution in [0.4, 0.5) is 17.1 Å². The molecule has 2 atom stereocenters. The van der Waals surface area contributed by atoms with Crippen molar-refractivity contribution in [3.8, 4) is 0 Å². The molecule has 6 rings (SSSR count).